The molecule has 0 aliphatic heterocycles. The average molecular weight is 270 g/mol. The zero-order valence-electron chi connectivity index (χ0n) is 9.49. The second-order valence-corrected chi connectivity index (χ2v) is 3.95. The van der Waals surface area contributed by atoms with Crippen LogP contribution in [0.3, 0.4) is 0 Å². The number of carbonyl (C=O) groups excluding carboxylic acids is 2. The Kier molecular flexibility index (Phi) is 3.28. The number of hydrogen-bond acceptors (Lipinski definition) is 2. The Morgan fingerprint density at radius 2 is 1.32 bits per heavy atom. The maximum Gasteiger partial charge on any atom is 0.402 e. The van der Waals surface area contributed by atoms with Gasteiger partial charge in [0, 0.05) is 11.4 Å². The molecule has 2 heterocycles. The third-order valence-corrected chi connectivity index (χ3v) is 2.67. The Balaban J connectivity index is 2.46. The van der Waals surface area contributed by atoms with Crippen molar-refractivity contribution in [3.63, 3.8) is 0 Å². The van der Waals surface area contributed by atoms with Gasteiger partial charge in [-0.1, -0.05) is 0 Å². The van der Waals surface area contributed by atoms with Crippen LogP contribution in [0.25, 0.3) is 0 Å². The molecule has 4 nitrogen and oxygen atoms in total. The summed E-state index contributed by atoms with van der Waals surface area (Å²) < 4.78 is 39.3. The third kappa shape index (κ3) is 2.59. The molecule has 0 saturated heterocycles. The summed E-state index contributed by atoms with van der Waals surface area (Å²) in [5, 5.41) is 0. The molecule has 100 valence electrons. The highest BCUT2D eigenvalue weighted by molar-refractivity contribution is 5.73. The lowest BCUT2D eigenvalue weighted by atomic mass is 10.0. The van der Waals surface area contributed by atoms with Crippen molar-refractivity contribution in [3.8, 4) is 0 Å². The first-order valence-corrected chi connectivity index (χ1v) is 5.30. The molecule has 0 aliphatic rings. The molecule has 0 unspecified atom stereocenters. The van der Waals surface area contributed by atoms with Gasteiger partial charge in [0.15, 0.2) is 12.6 Å². The standard InChI is InChI=1S/C12H9F3N2O2/c13-12(14,15)11(9-3-1-7(5-18)16-9)10-4-2-8(6-19)17-10/h1-6,11,16-17H. The van der Waals surface area contributed by atoms with Crippen molar-refractivity contribution in [2.75, 3.05) is 0 Å². The van der Waals surface area contributed by atoms with Crippen LogP contribution in [0, 0.1) is 0 Å². The highest BCUT2D eigenvalue weighted by Gasteiger charge is 2.43. The van der Waals surface area contributed by atoms with Crippen molar-refractivity contribution in [2.24, 2.45) is 0 Å². The van der Waals surface area contributed by atoms with Gasteiger partial charge in [0.1, 0.15) is 5.92 Å². The van der Waals surface area contributed by atoms with E-state index in [4.69, 9.17) is 0 Å². The molecule has 0 saturated carbocycles. The van der Waals surface area contributed by atoms with E-state index in [-0.39, 0.29) is 22.8 Å². The van der Waals surface area contributed by atoms with Crippen LogP contribution in [0.15, 0.2) is 24.3 Å². The molecule has 0 spiro atoms. The predicted molar refractivity (Wildman–Crippen MR) is 60.3 cm³/mol. The molecule has 2 rings (SSSR count). The summed E-state index contributed by atoms with van der Waals surface area (Å²) in [4.78, 5) is 25.8. The minimum atomic E-state index is -4.55. The first-order chi connectivity index (χ1) is 8.95. The van der Waals surface area contributed by atoms with Crippen LogP contribution in [0.1, 0.15) is 38.3 Å². The first-order valence-electron chi connectivity index (χ1n) is 5.30. The Morgan fingerprint density at radius 1 is 0.895 bits per heavy atom. The summed E-state index contributed by atoms with van der Waals surface area (Å²) in [5.41, 5.74) is -0.194. The topological polar surface area (TPSA) is 65.7 Å². The van der Waals surface area contributed by atoms with Crippen molar-refractivity contribution in [2.45, 2.75) is 12.1 Å². The summed E-state index contributed by atoms with van der Waals surface area (Å²) in [7, 11) is 0. The Hall–Kier alpha value is -2.31. The van der Waals surface area contributed by atoms with Crippen molar-refractivity contribution in [3.05, 3.63) is 47.0 Å². The lowest BCUT2D eigenvalue weighted by molar-refractivity contribution is -0.142. The van der Waals surface area contributed by atoms with E-state index in [1.54, 1.807) is 0 Å². The molecular formula is C12H9F3N2O2. The number of H-pyrrole nitrogens is 2. The fourth-order valence-electron chi connectivity index (χ4n) is 1.85. The summed E-state index contributed by atoms with van der Waals surface area (Å²) >= 11 is 0. The Labute approximate surface area is 105 Å². The van der Waals surface area contributed by atoms with Gasteiger partial charge in [0.25, 0.3) is 0 Å². The maximum absolute atomic E-state index is 13.1. The fraction of sp³-hybridized carbons (Fsp3) is 0.167. The van der Waals surface area contributed by atoms with Crippen LogP contribution >= 0.6 is 0 Å². The summed E-state index contributed by atoms with van der Waals surface area (Å²) in [5.74, 6) is -1.94. The first kappa shape index (κ1) is 13.1. The van der Waals surface area contributed by atoms with Gasteiger partial charge < -0.3 is 9.97 Å². The average Bonchev–Trinajstić information content (AvgIpc) is 2.96. The molecule has 2 aromatic heterocycles. The fourth-order valence-corrected chi connectivity index (χ4v) is 1.85. The van der Waals surface area contributed by atoms with E-state index in [1.165, 1.54) is 24.3 Å². The van der Waals surface area contributed by atoms with Gasteiger partial charge in [0.2, 0.25) is 0 Å². The number of aldehydes is 2. The van der Waals surface area contributed by atoms with E-state index >= 15 is 0 Å². The Bertz CT molecular complexity index is 552. The number of aromatic amines is 2. The van der Waals surface area contributed by atoms with E-state index in [9.17, 15) is 22.8 Å². The highest BCUT2D eigenvalue weighted by Crippen LogP contribution is 2.39. The molecule has 2 N–H and O–H groups in total. The lowest BCUT2D eigenvalue weighted by Gasteiger charge is -2.18. The third-order valence-electron chi connectivity index (χ3n) is 2.67. The number of aromatic nitrogens is 2. The minimum Gasteiger partial charge on any atom is -0.355 e. The molecule has 0 fully saturated rings. The van der Waals surface area contributed by atoms with Gasteiger partial charge in [-0.25, -0.2) is 0 Å². The second kappa shape index (κ2) is 4.75. The van der Waals surface area contributed by atoms with Crippen LogP contribution in [0.2, 0.25) is 0 Å². The molecule has 0 amide bonds. The van der Waals surface area contributed by atoms with Crippen molar-refractivity contribution in [1.29, 1.82) is 0 Å². The van der Waals surface area contributed by atoms with Crippen LogP contribution < -0.4 is 0 Å². The molecular weight excluding hydrogens is 261 g/mol. The SMILES string of the molecule is O=Cc1ccc(C(c2ccc(C=O)[nH]2)C(F)(F)F)[nH]1. The normalized spacial score (nSPS) is 11.8. The quantitative estimate of drug-likeness (QED) is 0.839. The van der Waals surface area contributed by atoms with Crippen molar-refractivity contribution < 1.29 is 22.8 Å². The molecule has 0 atom stereocenters. The summed E-state index contributed by atoms with van der Waals surface area (Å²) in [6.07, 6.45) is -3.68. The van der Waals surface area contributed by atoms with E-state index in [0.717, 1.165) is 0 Å². The number of rotatable bonds is 4. The molecule has 0 aliphatic carbocycles. The van der Waals surface area contributed by atoms with Gasteiger partial charge in [-0.2, -0.15) is 13.2 Å². The molecule has 7 heteroatoms. The van der Waals surface area contributed by atoms with Gasteiger partial charge in [-0.15, -0.1) is 0 Å². The number of hydrogen-bond donors (Lipinski definition) is 2. The van der Waals surface area contributed by atoms with Crippen molar-refractivity contribution in [1.82, 2.24) is 9.97 Å². The smallest absolute Gasteiger partial charge is 0.355 e. The number of carbonyl (C=O) groups is 2. The number of alkyl halides is 3. The van der Waals surface area contributed by atoms with Gasteiger partial charge >= 0.3 is 6.18 Å². The predicted octanol–water partition coefficient (Wildman–Crippen LogP) is 2.66. The number of nitrogens with one attached hydrogen (secondary N) is 2. The van der Waals surface area contributed by atoms with Gasteiger partial charge in [0.05, 0.1) is 11.4 Å². The second-order valence-electron chi connectivity index (χ2n) is 3.95. The van der Waals surface area contributed by atoms with Gasteiger partial charge in [-0.3, -0.25) is 9.59 Å². The lowest BCUT2D eigenvalue weighted by Crippen LogP contribution is -2.22. The largest absolute Gasteiger partial charge is 0.402 e. The van der Waals surface area contributed by atoms with Crippen LogP contribution in [0.4, 0.5) is 13.2 Å². The summed E-state index contributed by atoms with van der Waals surface area (Å²) in [6, 6.07) is 4.93. The van der Waals surface area contributed by atoms with E-state index in [0.29, 0.717) is 12.6 Å². The van der Waals surface area contributed by atoms with Crippen molar-refractivity contribution >= 4 is 12.6 Å². The van der Waals surface area contributed by atoms with Gasteiger partial charge in [-0.05, 0) is 24.3 Å². The zero-order chi connectivity index (χ0) is 14.0. The minimum absolute atomic E-state index is 0.0615. The van der Waals surface area contributed by atoms with E-state index in [2.05, 4.69) is 9.97 Å². The zero-order valence-corrected chi connectivity index (χ0v) is 9.49. The molecule has 0 aromatic carbocycles. The highest BCUT2D eigenvalue weighted by atomic mass is 19.4. The van der Waals surface area contributed by atoms with Crippen LogP contribution in [0.5, 0.6) is 0 Å². The monoisotopic (exact) mass is 270 g/mol. The van der Waals surface area contributed by atoms with Crippen LogP contribution in [-0.2, 0) is 0 Å². The number of halogens is 3. The maximum atomic E-state index is 13.1. The Morgan fingerprint density at radius 3 is 1.58 bits per heavy atom. The molecule has 2 aromatic rings. The molecule has 19 heavy (non-hydrogen) atoms. The van der Waals surface area contributed by atoms with E-state index in [1.807, 2.05) is 0 Å². The van der Waals surface area contributed by atoms with Crippen LogP contribution in [-0.4, -0.2) is 28.7 Å². The summed E-state index contributed by atoms with van der Waals surface area (Å²) in [6.45, 7) is 0. The molecule has 0 bridgehead atoms. The van der Waals surface area contributed by atoms with E-state index < -0.39 is 12.1 Å². The molecule has 0 radical (unpaired) electrons.